The van der Waals surface area contributed by atoms with E-state index >= 15 is 0 Å². The zero-order chi connectivity index (χ0) is 13.5. The molecule has 0 radical (unpaired) electrons. The Balaban J connectivity index is 4.29. The number of hydrogen-bond donors (Lipinski definition) is 0. The minimum Gasteiger partial charge on any atom is -0.285 e. The molecule has 0 aromatic rings. The van der Waals surface area contributed by atoms with Gasteiger partial charge in [0.25, 0.3) is 0 Å². The van der Waals surface area contributed by atoms with Gasteiger partial charge in [-0.3, -0.25) is 13.6 Å². The van der Waals surface area contributed by atoms with Gasteiger partial charge < -0.3 is 0 Å². The van der Waals surface area contributed by atoms with Gasteiger partial charge in [-0.15, -0.1) is 34.8 Å². The van der Waals surface area contributed by atoms with Crippen molar-refractivity contribution in [3.05, 3.63) is 0 Å². The maximum absolute atomic E-state index is 12.1. The van der Waals surface area contributed by atoms with Gasteiger partial charge in [0.05, 0.1) is 36.0 Å². The largest absolute Gasteiger partial charge is 0.474 e. The molecule has 0 N–H and O–H groups in total. The molecule has 104 valence electrons. The third-order valence-corrected chi connectivity index (χ3v) is 3.16. The van der Waals surface area contributed by atoms with Crippen LogP contribution in [0.2, 0.25) is 0 Å². The van der Waals surface area contributed by atoms with Gasteiger partial charge in [0.1, 0.15) is 0 Å². The first-order valence-corrected chi connectivity index (χ1v) is 7.98. The van der Waals surface area contributed by atoms with Crippen LogP contribution < -0.4 is 0 Å². The predicted molar refractivity (Wildman–Crippen MR) is 71.4 cm³/mol. The highest BCUT2D eigenvalue weighted by Crippen LogP contribution is 2.50. The van der Waals surface area contributed by atoms with Crippen molar-refractivity contribution in [2.75, 3.05) is 19.8 Å². The Bertz CT molecular complexity index is 210. The average molecular weight is 328 g/mol. The second-order valence-electron chi connectivity index (χ2n) is 3.68. The summed E-state index contributed by atoms with van der Waals surface area (Å²) in [5.74, 6) is 0. The lowest BCUT2D eigenvalue weighted by molar-refractivity contribution is 0.115. The highest BCUT2D eigenvalue weighted by molar-refractivity contribution is 7.48. The van der Waals surface area contributed by atoms with Crippen molar-refractivity contribution in [3.8, 4) is 0 Å². The van der Waals surface area contributed by atoms with Gasteiger partial charge in [-0.1, -0.05) is 0 Å². The number of alkyl halides is 3. The molecule has 8 heteroatoms. The van der Waals surface area contributed by atoms with Crippen LogP contribution in [-0.4, -0.2) is 36.0 Å². The number of rotatable bonds is 9. The third-order valence-electron chi connectivity index (χ3n) is 1.39. The average Bonchev–Trinajstić information content (AvgIpc) is 2.21. The molecule has 3 unspecified atom stereocenters. The summed E-state index contributed by atoms with van der Waals surface area (Å²) < 4.78 is 27.2. The Hall–Kier alpha value is 0.980. The van der Waals surface area contributed by atoms with E-state index in [1.165, 1.54) is 0 Å². The zero-order valence-corrected chi connectivity index (χ0v) is 13.2. The molecule has 0 heterocycles. The molecular formula is C9H18Cl3O4P. The molecule has 0 bridgehead atoms. The van der Waals surface area contributed by atoms with Crippen LogP contribution in [0, 0.1) is 0 Å². The van der Waals surface area contributed by atoms with E-state index in [2.05, 4.69) is 0 Å². The van der Waals surface area contributed by atoms with Gasteiger partial charge in [-0.2, -0.15) is 0 Å². The summed E-state index contributed by atoms with van der Waals surface area (Å²) in [6, 6.07) is 0. The molecule has 17 heavy (non-hydrogen) atoms. The molecular weight excluding hydrogens is 309 g/mol. The molecule has 0 aliphatic carbocycles. The standard InChI is InChI=1S/C9H18Cl3O4P/c1-7(10)4-14-17(13,15-5-8(2)11)16-6-9(3)12/h7-9H,4-6H2,1-3H3. The summed E-state index contributed by atoms with van der Waals surface area (Å²) in [6.07, 6.45) is 0. The van der Waals surface area contributed by atoms with Crippen molar-refractivity contribution in [1.29, 1.82) is 0 Å². The molecule has 4 nitrogen and oxygen atoms in total. The molecule has 0 spiro atoms. The van der Waals surface area contributed by atoms with Crippen molar-refractivity contribution in [1.82, 2.24) is 0 Å². The molecule has 3 atom stereocenters. The van der Waals surface area contributed by atoms with Gasteiger partial charge in [-0.05, 0) is 20.8 Å². The van der Waals surface area contributed by atoms with E-state index in [1.54, 1.807) is 20.8 Å². The highest BCUT2D eigenvalue weighted by atomic mass is 35.5. The van der Waals surface area contributed by atoms with Gasteiger partial charge in [0.2, 0.25) is 0 Å². The molecule has 0 fully saturated rings. The Morgan fingerprint density at radius 3 is 1.24 bits per heavy atom. The summed E-state index contributed by atoms with van der Waals surface area (Å²) in [7, 11) is -3.63. The molecule has 0 aromatic carbocycles. The van der Waals surface area contributed by atoms with Crippen molar-refractivity contribution in [2.45, 2.75) is 36.9 Å². The van der Waals surface area contributed by atoms with E-state index in [-0.39, 0.29) is 36.0 Å². The summed E-state index contributed by atoms with van der Waals surface area (Å²) in [4.78, 5) is 0. The second-order valence-corrected chi connectivity index (χ2v) is 7.58. The summed E-state index contributed by atoms with van der Waals surface area (Å²) >= 11 is 17.1. The summed E-state index contributed by atoms with van der Waals surface area (Å²) in [5.41, 5.74) is 0. The topological polar surface area (TPSA) is 44.8 Å². The summed E-state index contributed by atoms with van der Waals surface area (Å²) in [6.45, 7) is 5.31. The second kappa shape index (κ2) is 8.98. The van der Waals surface area contributed by atoms with Crippen LogP contribution in [0.1, 0.15) is 20.8 Å². The van der Waals surface area contributed by atoms with Crippen LogP contribution in [0.25, 0.3) is 0 Å². The van der Waals surface area contributed by atoms with Crippen molar-refractivity contribution in [3.63, 3.8) is 0 Å². The van der Waals surface area contributed by atoms with Gasteiger partial charge >= 0.3 is 7.82 Å². The Morgan fingerprint density at radius 1 is 0.824 bits per heavy atom. The third kappa shape index (κ3) is 10.6. The quantitative estimate of drug-likeness (QED) is 0.474. The monoisotopic (exact) mass is 326 g/mol. The lowest BCUT2D eigenvalue weighted by Gasteiger charge is -2.19. The fraction of sp³-hybridized carbons (Fsp3) is 1.00. The van der Waals surface area contributed by atoms with Gasteiger partial charge in [0.15, 0.2) is 0 Å². The maximum Gasteiger partial charge on any atom is 0.474 e. The van der Waals surface area contributed by atoms with Crippen LogP contribution >= 0.6 is 42.6 Å². The number of phosphoric ester groups is 1. The molecule has 0 amide bonds. The van der Waals surface area contributed by atoms with E-state index in [0.717, 1.165) is 0 Å². The number of hydrogen-bond acceptors (Lipinski definition) is 4. The van der Waals surface area contributed by atoms with Crippen molar-refractivity contribution in [2.24, 2.45) is 0 Å². The Labute approximate surface area is 117 Å². The number of halogens is 3. The fourth-order valence-corrected chi connectivity index (χ4v) is 2.59. The SMILES string of the molecule is CC(Cl)COP(=O)(OCC(C)Cl)OCC(C)Cl. The normalized spacial score (nSPS) is 20.6. The molecule has 0 aliphatic heterocycles. The van der Waals surface area contributed by atoms with E-state index < -0.39 is 7.82 Å². The molecule has 0 rings (SSSR count). The molecule has 0 aliphatic rings. The maximum atomic E-state index is 12.1. The first-order chi connectivity index (χ1) is 7.75. The predicted octanol–water partition coefficient (Wildman–Crippen LogP) is 4.03. The molecule has 0 saturated heterocycles. The van der Waals surface area contributed by atoms with Gasteiger partial charge in [-0.25, -0.2) is 4.57 Å². The minimum atomic E-state index is -3.63. The first-order valence-electron chi connectivity index (χ1n) is 5.21. The van der Waals surface area contributed by atoms with Crippen LogP contribution in [0.15, 0.2) is 0 Å². The van der Waals surface area contributed by atoms with Gasteiger partial charge in [0, 0.05) is 0 Å². The smallest absolute Gasteiger partial charge is 0.285 e. The van der Waals surface area contributed by atoms with Crippen LogP contribution in [0.3, 0.4) is 0 Å². The van der Waals surface area contributed by atoms with Crippen molar-refractivity contribution < 1.29 is 18.1 Å². The van der Waals surface area contributed by atoms with Crippen LogP contribution in [-0.2, 0) is 18.1 Å². The zero-order valence-electron chi connectivity index (χ0n) is 10.1. The Kier molecular flexibility index (Phi) is 9.49. The van der Waals surface area contributed by atoms with Crippen molar-refractivity contribution >= 4 is 42.6 Å². The van der Waals surface area contributed by atoms with E-state index in [1.807, 2.05) is 0 Å². The van der Waals surface area contributed by atoms with E-state index in [9.17, 15) is 4.57 Å². The van der Waals surface area contributed by atoms with E-state index in [0.29, 0.717) is 0 Å². The summed E-state index contributed by atoms with van der Waals surface area (Å²) in [5, 5.41) is -0.882. The Morgan fingerprint density at radius 2 is 1.06 bits per heavy atom. The lowest BCUT2D eigenvalue weighted by atomic mass is 10.5. The molecule has 0 saturated carbocycles. The number of phosphoric acid groups is 1. The highest BCUT2D eigenvalue weighted by Gasteiger charge is 2.28. The van der Waals surface area contributed by atoms with Crippen LogP contribution in [0.5, 0.6) is 0 Å². The fourth-order valence-electron chi connectivity index (χ4n) is 0.694. The van der Waals surface area contributed by atoms with Crippen LogP contribution in [0.4, 0.5) is 0 Å². The molecule has 0 aromatic heterocycles. The van der Waals surface area contributed by atoms with E-state index in [4.69, 9.17) is 48.4 Å². The minimum absolute atomic E-state index is 0.0617. The first kappa shape index (κ1) is 18.0. The lowest BCUT2D eigenvalue weighted by Crippen LogP contribution is -2.13.